The first-order valence-corrected chi connectivity index (χ1v) is 10.8. The highest BCUT2D eigenvalue weighted by Crippen LogP contribution is 2.32. The van der Waals surface area contributed by atoms with Gasteiger partial charge in [-0.05, 0) is 81.1 Å². The molecule has 4 rings (SSSR count). The lowest BCUT2D eigenvalue weighted by Crippen LogP contribution is -2.29. The number of hydrogen-bond donors (Lipinski definition) is 2. The van der Waals surface area contributed by atoms with Crippen molar-refractivity contribution in [1.82, 2.24) is 9.97 Å². The number of pyridine rings is 2. The van der Waals surface area contributed by atoms with E-state index in [0.29, 0.717) is 16.6 Å². The van der Waals surface area contributed by atoms with Crippen molar-refractivity contribution >= 4 is 34.2 Å². The number of halogens is 4. The lowest BCUT2D eigenvalue weighted by atomic mass is 9.81. The quantitative estimate of drug-likeness (QED) is 0.208. The maximum absolute atomic E-state index is 13.5. The summed E-state index contributed by atoms with van der Waals surface area (Å²) in [5.41, 5.74) is 1.87. The van der Waals surface area contributed by atoms with Gasteiger partial charge in [0.25, 0.3) is 0 Å². The Hall–Kier alpha value is -4.54. The zero-order valence-corrected chi connectivity index (χ0v) is 20.2. The molecule has 37 heavy (non-hydrogen) atoms. The van der Waals surface area contributed by atoms with E-state index in [9.17, 15) is 13.2 Å². The van der Waals surface area contributed by atoms with Crippen LogP contribution in [0.1, 0.15) is 11.1 Å². The Bertz CT molecular complexity index is 1490. The second-order valence-electron chi connectivity index (χ2n) is 6.82. The van der Waals surface area contributed by atoms with Crippen LogP contribution in [-0.2, 0) is 0 Å². The van der Waals surface area contributed by atoms with Gasteiger partial charge in [0.2, 0.25) is 0 Å². The topological polar surface area (TPSA) is 118 Å². The van der Waals surface area contributed by atoms with Crippen LogP contribution in [0.4, 0.5) is 18.9 Å². The van der Waals surface area contributed by atoms with Crippen molar-refractivity contribution in [2.24, 2.45) is 0 Å². The van der Waals surface area contributed by atoms with Gasteiger partial charge in [-0.25, -0.2) is 18.0 Å². The summed E-state index contributed by atoms with van der Waals surface area (Å²) < 4.78 is 38.6. The molecular formula is C25H14BBrF3N5O2. The predicted octanol–water partition coefficient (Wildman–Crippen LogP) is 4.67. The normalized spacial score (nSPS) is 9.27. The van der Waals surface area contributed by atoms with Crippen LogP contribution in [0.5, 0.6) is 0 Å². The molecule has 0 aliphatic heterocycles. The zero-order chi connectivity index (χ0) is 27.4. The summed E-state index contributed by atoms with van der Waals surface area (Å²) in [7, 11) is -1.38. The Kier molecular flexibility index (Phi) is 11.0. The summed E-state index contributed by atoms with van der Waals surface area (Å²) in [5, 5.41) is 34.2. The van der Waals surface area contributed by atoms with E-state index in [0.717, 1.165) is 12.1 Å². The van der Waals surface area contributed by atoms with Crippen molar-refractivity contribution in [3.8, 4) is 23.3 Å². The van der Waals surface area contributed by atoms with Gasteiger partial charge in [0.05, 0.1) is 17.7 Å². The van der Waals surface area contributed by atoms with Crippen LogP contribution >= 0.6 is 15.9 Å². The molecule has 2 N–H and O–H groups in total. The number of hydrogen-bond acceptors (Lipinski definition) is 6. The van der Waals surface area contributed by atoms with Gasteiger partial charge in [0, 0.05) is 29.3 Å². The zero-order valence-electron chi connectivity index (χ0n) is 18.6. The number of nitrogens with zero attached hydrogens (tertiary/aromatic N) is 5. The number of aromatic nitrogens is 2. The molecule has 0 aliphatic carbocycles. The van der Waals surface area contributed by atoms with Crippen LogP contribution in [-0.4, -0.2) is 27.1 Å². The minimum atomic E-state index is -1.38. The number of benzene rings is 2. The molecule has 0 radical (unpaired) electrons. The highest BCUT2D eigenvalue weighted by Gasteiger charge is 2.11. The number of rotatable bonds is 2. The summed E-state index contributed by atoms with van der Waals surface area (Å²) in [6, 6.07) is 14.1. The molecule has 4 aromatic rings. The predicted molar refractivity (Wildman–Crippen MR) is 133 cm³/mol. The van der Waals surface area contributed by atoms with Crippen LogP contribution in [0.25, 0.3) is 16.0 Å². The smallest absolute Gasteiger partial charge is 0.423 e. The first-order chi connectivity index (χ1) is 17.7. The Morgan fingerprint density at radius 3 is 1.84 bits per heavy atom. The standard InChI is InChI=1S/C13H6FN3.C7H2BrF2N.C5H6BNO2/c1-16-13-6-10(8-15)12(14)7-11(13)9-2-4-17-5-3-9;8-5-2-7(10)6(9)1-4(5)3-11;8-6(9)5-1-3-7-4-2-5/h2-7H;1-2H;1-4,8-9H. The van der Waals surface area contributed by atoms with Gasteiger partial charge in [0.15, 0.2) is 17.3 Å². The third kappa shape index (κ3) is 8.27. The Morgan fingerprint density at radius 2 is 1.35 bits per heavy atom. The average molecular weight is 564 g/mol. The lowest BCUT2D eigenvalue weighted by molar-refractivity contribution is 0.425. The molecule has 0 atom stereocenters. The molecule has 0 aliphatic rings. The molecule has 12 heteroatoms. The minimum absolute atomic E-state index is 0.0869. The Labute approximate surface area is 218 Å². The molecule has 2 aromatic carbocycles. The molecule has 0 spiro atoms. The third-order valence-corrected chi connectivity index (χ3v) is 5.11. The van der Waals surface area contributed by atoms with E-state index in [1.165, 1.54) is 24.5 Å². The molecule has 0 saturated carbocycles. The second kappa shape index (κ2) is 14.1. The maximum Gasteiger partial charge on any atom is 0.488 e. The van der Waals surface area contributed by atoms with Crippen molar-refractivity contribution in [2.75, 3.05) is 0 Å². The largest absolute Gasteiger partial charge is 0.488 e. The fourth-order valence-corrected chi connectivity index (χ4v) is 3.05. The SMILES string of the molecule is N#Cc1cc(F)c(F)cc1Br.OB(O)c1ccncc1.[C-]#[N+]c1cc(C#N)c(F)cc1-c1ccncc1. The fraction of sp³-hybridized carbons (Fsp3) is 0. The molecule has 2 aromatic heterocycles. The Morgan fingerprint density at radius 1 is 0.811 bits per heavy atom. The van der Waals surface area contributed by atoms with Crippen LogP contribution in [0.15, 0.2) is 77.8 Å². The molecule has 0 unspecified atom stereocenters. The van der Waals surface area contributed by atoms with E-state index in [1.807, 2.05) is 0 Å². The van der Waals surface area contributed by atoms with Crippen molar-refractivity contribution in [3.05, 3.63) is 118 Å². The van der Waals surface area contributed by atoms with Crippen LogP contribution in [0.3, 0.4) is 0 Å². The molecular weight excluding hydrogens is 550 g/mol. The van der Waals surface area contributed by atoms with Crippen molar-refractivity contribution in [2.45, 2.75) is 0 Å². The summed E-state index contributed by atoms with van der Waals surface area (Å²) in [6.07, 6.45) is 6.15. The van der Waals surface area contributed by atoms with E-state index in [2.05, 4.69) is 30.7 Å². The molecule has 0 fully saturated rings. The third-order valence-electron chi connectivity index (χ3n) is 4.45. The molecule has 7 nitrogen and oxygen atoms in total. The molecule has 182 valence electrons. The summed E-state index contributed by atoms with van der Waals surface area (Å²) in [4.78, 5) is 10.9. The van der Waals surface area contributed by atoms with Gasteiger partial charge >= 0.3 is 7.12 Å². The summed E-state index contributed by atoms with van der Waals surface area (Å²) in [5.74, 6) is -2.59. The van der Waals surface area contributed by atoms with Crippen LogP contribution < -0.4 is 5.46 Å². The number of nitriles is 2. The fourth-order valence-electron chi connectivity index (χ4n) is 2.65. The van der Waals surface area contributed by atoms with Gasteiger partial charge in [-0.15, -0.1) is 0 Å². The van der Waals surface area contributed by atoms with Gasteiger partial charge in [-0.1, -0.05) is 0 Å². The van der Waals surface area contributed by atoms with E-state index in [4.69, 9.17) is 27.1 Å². The van der Waals surface area contributed by atoms with Crippen LogP contribution in [0.2, 0.25) is 0 Å². The van der Waals surface area contributed by atoms with Gasteiger partial charge in [0.1, 0.15) is 18.0 Å². The average Bonchev–Trinajstić information content (AvgIpc) is 2.92. The van der Waals surface area contributed by atoms with E-state index >= 15 is 0 Å². The highest BCUT2D eigenvalue weighted by atomic mass is 79.9. The molecule has 2 heterocycles. The first kappa shape index (κ1) is 28.7. The van der Waals surface area contributed by atoms with Gasteiger partial charge in [-0.2, -0.15) is 10.5 Å². The lowest BCUT2D eigenvalue weighted by Gasteiger charge is -2.05. The monoisotopic (exact) mass is 563 g/mol. The summed E-state index contributed by atoms with van der Waals surface area (Å²) >= 11 is 2.91. The van der Waals surface area contributed by atoms with E-state index < -0.39 is 24.6 Å². The van der Waals surface area contributed by atoms with Crippen molar-refractivity contribution < 1.29 is 23.2 Å². The maximum atomic E-state index is 13.5. The van der Waals surface area contributed by atoms with E-state index in [-0.39, 0.29) is 21.3 Å². The first-order valence-electron chi connectivity index (χ1n) is 10.0. The van der Waals surface area contributed by atoms with Crippen molar-refractivity contribution in [1.29, 1.82) is 10.5 Å². The van der Waals surface area contributed by atoms with Crippen molar-refractivity contribution in [3.63, 3.8) is 0 Å². The van der Waals surface area contributed by atoms with Gasteiger partial charge in [-0.3, -0.25) is 9.97 Å². The van der Waals surface area contributed by atoms with E-state index in [1.54, 1.807) is 48.8 Å². The van der Waals surface area contributed by atoms with Gasteiger partial charge < -0.3 is 10.0 Å². The minimum Gasteiger partial charge on any atom is -0.423 e. The highest BCUT2D eigenvalue weighted by molar-refractivity contribution is 9.10. The molecule has 0 bridgehead atoms. The summed E-state index contributed by atoms with van der Waals surface area (Å²) in [6.45, 7) is 7.05. The van der Waals surface area contributed by atoms with Crippen LogP contribution in [0, 0.1) is 46.7 Å². The Balaban J connectivity index is 0.000000208. The second-order valence-corrected chi connectivity index (χ2v) is 7.68. The molecule has 0 amide bonds. The molecule has 0 saturated heterocycles.